The standard InChI is InChI=1S/C15H17Cl2N3S/c1-21-9-14-13-4-2-3-5-18-15(13)20(19-14)12-7-10(16)6-11(17)8-12/h6-8,18H,2-5,9H2,1H3. The maximum Gasteiger partial charge on any atom is 0.133 e. The second-order valence-electron chi connectivity index (χ2n) is 5.13. The van der Waals surface area contributed by atoms with Gasteiger partial charge in [0.2, 0.25) is 0 Å². The van der Waals surface area contributed by atoms with E-state index in [-0.39, 0.29) is 0 Å². The number of fused-ring (bicyclic) bond motifs is 1. The van der Waals surface area contributed by atoms with Crippen molar-refractivity contribution >= 4 is 40.8 Å². The molecule has 0 saturated carbocycles. The average molecular weight is 342 g/mol. The van der Waals surface area contributed by atoms with Crippen LogP contribution in [0.2, 0.25) is 10.0 Å². The lowest BCUT2D eigenvalue weighted by Gasteiger charge is -2.10. The number of thioether (sulfide) groups is 1. The van der Waals surface area contributed by atoms with Gasteiger partial charge < -0.3 is 5.32 Å². The van der Waals surface area contributed by atoms with Gasteiger partial charge in [-0.3, -0.25) is 0 Å². The zero-order valence-corrected chi connectivity index (χ0v) is 14.2. The van der Waals surface area contributed by atoms with Gasteiger partial charge in [-0.05, 0) is 43.7 Å². The fourth-order valence-corrected chi connectivity index (χ4v) is 3.69. The lowest BCUT2D eigenvalue weighted by molar-refractivity contribution is 0.771. The monoisotopic (exact) mass is 341 g/mol. The summed E-state index contributed by atoms with van der Waals surface area (Å²) in [6.45, 7) is 0.978. The van der Waals surface area contributed by atoms with Crippen LogP contribution in [0.25, 0.3) is 5.69 Å². The van der Waals surface area contributed by atoms with Crippen LogP contribution in [0.1, 0.15) is 24.1 Å². The molecule has 1 aliphatic heterocycles. The molecule has 0 fully saturated rings. The quantitative estimate of drug-likeness (QED) is 0.870. The van der Waals surface area contributed by atoms with Crippen molar-refractivity contribution < 1.29 is 0 Å². The normalized spacial score (nSPS) is 14.4. The van der Waals surface area contributed by atoms with Crippen LogP contribution < -0.4 is 5.32 Å². The molecule has 0 saturated heterocycles. The van der Waals surface area contributed by atoms with Crippen LogP contribution in [-0.2, 0) is 12.2 Å². The number of aromatic nitrogens is 2. The average Bonchev–Trinajstić information content (AvgIpc) is 2.62. The Bertz CT molecular complexity index is 634. The van der Waals surface area contributed by atoms with Crippen molar-refractivity contribution in [3.8, 4) is 5.69 Å². The van der Waals surface area contributed by atoms with Crippen molar-refractivity contribution in [2.75, 3.05) is 18.1 Å². The van der Waals surface area contributed by atoms with Crippen LogP contribution >= 0.6 is 35.0 Å². The van der Waals surface area contributed by atoms with E-state index in [1.807, 2.05) is 16.8 Å². The first-order chi connectivity index (χ1) is 10.2. The maximum atomic E-state index is 6.13. The lowest BCUT2D eigenvalue weighted by atomic mass is 10.1. The van der Waals surface area contributed by atoms with E-state index < -0.39 is 0 Å². The van der Waals surface area contributed by atoms with Crippen LogP contribution in [0.4, 0.5) is 5.82 Å². The Labute approximate surface area is 139 Å². The topological polar surface area (TPSA) is 29.9 Å². The highest BCUT2D eigenvalue weighted by Gasteiger charge is 2.20. The molecule has 0 amide bonds. The SMILES string of the molecule is CSCc1nn(-c2cc(Cl)cc(Cl)c2)c2c1CCCCN2. The molecule has 6 heteroatoms. The van der Waals surface area contributed by atoms with Gasteiger partial charge in [0.1, 0.15) is 5.82 Å². The van der Waals surface area contributed by atoms with Gasteiger partial charge in [0.25, 0.3) is 0 Å². The molecule has 1 aliphatic rings. The Morgan fingerprint density at radius 2 is 2.00 bits per heavy atom. The van der Waals surface area contributed by atoms with E-state index in [2.05, 4.69) is 11.6 Å². The van der Waals surface area contributed by atoms with E-state index in [1.165, 1.54) is 18.4 Å². The van der Waals surface area contributed by atoms with Crippen molar-refractivity contribution in [2.45, 2.75) is 25.0 Å². The number of hydrogen-bond acceptors (Lipinski definition) is 3. The van der Waals surface area contributed by atoms with E-state index in [0.29, 0.717) is 10.0 Å². The summed E-state index contributed by atoms with van der Waals surface area (Å²) in [6.07, 6.45) is 5.56. The highest BCUT2D eigenvalue weighted by Crippen LogP contribution is 2.31. The Kier molecular flexibility index (Phi) is 4.67. The van der Waals surface area contributed by atoms with Gasteiger partial charge in [0.15, 0.2) is 0 Å². The van der Waals surface area contributed by atoms with Gasteiger partial charge in [-0.25, -0.2) is 4.68 Å². The number of rotatable bonds is 3. The van der Waals surface area contributed by atoms with Crippen molar-refractivity contribution in [3.63, 3.8) is 0 Å². The third kappa shape index (κ3) is 3.17. The van der Waals surface area contributed by atoms with Gasteiger partial charge in [0.05, 0.1) is 11.4 Å². The number of benzene rings is 1. The van der Waals surface area contributed by atoms with Crippen molar-refractivity contribution in [1.82, 2.24) is 9.78 Å². The number of hydrogen-bond donors (Lipinski definition) is 1. The Morgan fingerprint density at radius 1 is 1.24 bits per heavy atom. The summed E-state index contributed by atoms with van der Waals surface area (Å²) in [4.78, 5) is 0. The van der Waals surface area contributed by atoms with E-state index in [9.17, 15) is 0 Å². The first-order valence-electron chi connectivity index (χ1n) is 6.99. The largest absolute Gasteiger partial charge is 0.370 e. The molecule has 1 N–H and O–H groups in total. The fourth-order valence-electron chi connectivity index (χ4n) is 2.67. The minimum atomic E-state index is 0.627. The van der Waals surface area contributed by atoms with Crippen LogP contribution in [0.3, 0.4) is 0 Å². The highest BCUT2D eigenvalue weighted by atomic mass is 35.5. The molecule has 1 aromatic carbocycles. The molecule has 21 heavy (non-hydrogen) atoms. The second-order valence-corrected chi connectivity index (χ2v) is 6.87. The van der Waals surface area contributed by atoms with E-state index in [0.717, 1.165) is 35.9 Å². The summed E-state index contributed by atoms with van der Waals surface area (Å²) >= 11 is 14.1. The van der Waals surface area contributed by atoms with Gasteiger partial charge in [-0.1, -0.05) is 23.2 Å². The zero-order valence-electron chi connectivity index (χ0n) is 11.8. The number of halogens is 2. The summed E-state index contributed by atoms with van der Waals surface area (Å²) in [5, 5.41) is 9.56. The third-order valence-corrected chi connectivity index (χ3v) is 4.58. The van der Waals surface area contributed by atoms with Gasteiger partial charge in [0, 0.05) is 27.9 Å². The molecule has 1 aromatic heterocycles. The zero-order chi connectivity index (χ0) is 14.8. The Morgan fingerprint density at radius 3 is 2.71 bits per heavy atom. The van der Waals surface area contributed by atoms with Crippen molar-refractivity contribution in [2.24, 2.45) is 0 Å². The fraction of sp³-hybridized carbons (Fsp3) is 0.400. The highest BCUT2D eigenvalue weighted by molar-refractivity contribution is 7.97. The molecule has 2 aromatic rings. The van der Waals surface area contributed by atoms with Crippen LogP contribution in [0, 0.1) is 0 Å². The number of nitrogens with one attached hydrogen (secondary N) is 1. The lowest BCUT2D eigenvalue weighted by Crippen LogP contribution is -2.07. The third-order valence-electron chi connectivity index (χ3n) is 3.59. The summed E-state index contributed by atoms with van der Waals surface area (Å²) in [6, 6.07) is 5.54. The summed E-state index contributed by atoms with van der Waals surface area (Å²) in [5.74, 6) is 2.01. The molecule has 112 valence electrons. The van der Waals surface area contributed by atoms with Crippen LogP contribution in [0.15, 0.2) is 18.2 Å². The summed E-state index contributed by atoms with van der Waals surface area (Å²) < 4.78 is 1.95. The molecule has 0 spiro atoms. The molecule has 2 heterocycles. The molecular weight excluding hydrogens is 325 g/mol. The Hall–Kier alpha value is -0.840. The van der Waals surface area contributed by atoms with E-state index in [4.69, 9.17) is 28.3 Å². The van der Waals surface area contributed by atoms with Gasteiger partial charge in [-0.2, -0.15) is 16.9 Å². The molecule has 0 aliphatic carbocycles. The minimum Gasteiger partial charge on any atom is -0.370 e. The number of nitrogens with zero attached hydrogens (tertiary/aromatic N) is 2. The van der Waals surface area contributed by atoms with E-state index in [1.54, 1.807) is 17.8 Å². The van der Waals surface area contributed by atoms with E-state index >= 15 is 0 Å². The molecule has 0 unspecified atom stereocenters. The van der Waals surface area contributed by atoms with Crippen LogP contribution in [-0.4, -0.2) is 22.6 Å². The predicted molar refractivity (Wildman–Crippen MR) is 92.2 cm³/mol. The molecule has 0 atom stereocenters. The summed E-state index contributed by atoms with van der Waals surface area (Å²) in [5.41, 5.74) is 3.39. The first-order valence-corrected chi connectivity index (χ1v) is 9.14. The second kappa shape index (κ2) is 6.51. The predicted octanol–water partition coefficient (Wildman–Crippen LogP) is 4.79. The molecule has 0 radical (unpaired) electrons. The smallest absolute Gasteiger partial charge is 0.133 e. The minimum absolute atomic E-state index is 0.627. The van der Waals surface area contributed by atoms with Crippen molar-refractivity contribution in [1.29, 1.82) is 0 Å². The van der Waals surface area contributed by atoms with Crippen LogP contribution in [0.5, 0.6) is 0 Å². The van der Waals surface area contributed by atoms with Gasteiger partial charge >= 0.3 is 0 Å². The Balaban J connectivity index is 2.13. The molecule has 3 nitrogen and oxygen atoms in total. The molecular formula is C15H17Cl2N3S. The first kappa shape index (κ1) is 15.1. The van der Waals surface area contributed by atoms with Crippen molar-refractivity contribution in [3.05, 3.63) is 39.5 Å². The number of anilines is 1. The van der Waals surface area contributed by atoms with Gasteiger partial charge in [-0.15, -0.1) is 0 Å². The maximum absolute atomic E-state index is 6.13. The molecule has 0 bridgehead atoms. The molecule has 3 rings (SSSR count). The summed E-state index contributed by atoms with van der Waals surface area (Å²) in [7, 11) is 0.